The summed E-state index contributed by atoms with van der Waals surface area (Å²) in [5.74, 6) is -4.20. The van der Waals surface area contributed by atoms with Crippen LogP contribution in [0, 0.1) is 22.7 Å². The van der Waals surface area contributed by atoms with Crippen molar-refractivity contribution >= 4 is 40.2 Å². The van der Waals surface area contributed by atoms with Crippen molar-refractivity contribution in [2.75, 3.05) is 13.1 Å². The van der Waals surface area contributed by atoms with E-state index < -0.39 is 35.2 Å². The number of aromatic nitrogens is 1. The molecule has 1 saturated carbocycles. The smallest absolute Gasteiger partial charge is 0.271 e. The zero-order valence-corrected chi connectivity index (χ0v) is 21.6. The van der Waals surface area contributed by atoms with Gasteiger partial charge in [-0.25, -0.2) is 8.78 Å². The molecule has 3 amide bonds. The molecule has 11 heteroatoms. The number of para-hydroxylation sites is 1. The molecule has 38 heavy (non-hydrogen) atoms. The monoisotopic (exact) mass is 545 g/mol. The molecule has 0 bridgehead atoms. The molecule has 2 saturated heterocycles. The average Bonchev–Trinajstić information content (AvgIpc) is 3.50. The number of nitrogens with zero attached hydrogens (tertiary/aromatic N) is 2. The van der Waals surface area contributed by atoms with Gasteiger partial charge in [-0.15, -0.1) is 0 Å². The van der Waals surface area contributed by atoms with Crippen LogP contribution in [0.15, 0.2) is 24.3 Å². The van der Waals surface area contributed by atoms with Gasteiger partial charge in [-0.2, -0.15) is 5.26 Å². The third kappa shape index (κ3) is 5.21. The predicted octanol–water partition coefficient (Wildman–Crippen LogP) is 4.16. The summed E-state index contributed by atoms with van der Waals surface area (Å²) in [4.78, 5) is 43.9. The summed E-state index contributed by atoms with van der Waals surface area (Å²) in [6.45, 7) is 0.767. The number of carbonyl (C=O) groups excluding carboxylic acids is 3. The first-order valence-corrected chi connectivity index (χ1v) is 13.4. The van der Waals surface area contributed by atoms with Gasteiger partial charge in [0.15, 0.2) is 0 Å². The molecule has 0 radical (unpaired) electrons. The van der Waals surface area contributed by atoms with Crippen LogP contribution in [0.1, 0.15) is 61.9 Å². The number of halogens is 3. The highest BCUT2D eigenvalue weighted by Crippen LogP contribution is 2.50. The minimum atomic E-state index is -2.75. The summed E-state index contributed by atoms with van der Waals surface area (Å²) >= 11 is 6.27. The SMILES string of the molecule is N#CC(CC1CCCNC1=O)NC(=O)C1CC2(CCC(F)(F)CC2)CN1C(=O)c1cc2cccc(Cl)c2[nH]1. The van der Waals surface area contributed by atoms with Crippen molar-refractivity contribution in [3.05, 3.63) is 35.0 Å². The van der Waals surface area contributed by atoms with Gasteiger partial charge in [0.05, 0.1) is 16.6 Å². The molecule has 1 aliphatic carbocycles. The van der Waals surface area contributed by atoms with Crippen LogP contribution in [-0.2, 0) is 9.59 Å². The van der Waals surface area contributed by atoms with Crippen LogP contribution in [0.3, 0.4) is 0 Å². The van der Waals surface area contributed by atoms with Crippen molar-refractivity contribution in [2.24, 2.45) is 11.3 Å². The fourth-order valence-electron chi connectivity index (χ4n) is 6.16. The van der Waals surface area contributed by atoms with Crippen LogP contribution in [0.25, 0.3) is 10.9 Å². The fraction of sp³-hybridized carbons (Fsp3) is 0.556. The molecule has 3 N–H and O–H groups in total. The normalized spacial score (nSPS) is 25.1. The number of fused-ring (bicyclic) bond motifs is 1. The standard InChI is InChI=1S/C27H30ClF2N5O3/c28-19-5-1-3-16-12-20(34-22(16)19)25(38)35-15-26(6-8-27(29,30)9-7-26)13-21(35)24(37)33-18(14-31)11-17-4-2-10-32-23(17)36/h1,3,5,12,17-18,21,34H,2,4,6-11,13,15H2,(H,32,36)(H,33,37). The van der Waals surface area contributed by atoms with Crippen LogP contribution in [0.5, 0.6) is 0 Å². The van der Waals surface area contributed by atoms with Crippen LogP contribution in [0.2, 0.25) is 5.02 Å². The van der Waals surface area contributed by atoms with E-state index >= 15 is 0 Å². The molecular formula is C27H30ClF2N5O3. The number of amides is 3. The number of carbonyl (C=O) groups is 3. The highest BCUT2D eigenvalue weighted by atomic mass is 35.5. The molecule has 3 fully saturated rings. The van der Waals surface area contributed by atoms with Gasteiger partial charge in [0.1, 0.15) is 17.8 Å². The Balaban J connectivity index is 1.38. The third-order valence-electron chi connectivity index (χ3n) is 8.34. The Hall–Kier alpha value is -3.19. The van der Waals surface area contributed by atoms with Crippen LogP contribution in [0.4, 0.5) is 8.78 Å². The highest BCUT2D eigenvalue weighted by Gasteiger charge is 2.53. The number of benzene rings is 1. The number of piperidine rings is 1. The quantitative estimate of drug-likeness (QED) is 0.523. The molecule has 8 nitrogen and oxygen atoms in total. The van der Waals surface area contributed by atoms with Crippen LogP contribution >= 0.6 is 11.6 Å². The number of aromatic amines is 1. The second-order valence-corrected chi connectivity index (χ2v) is 11.4. The van der Waals surface area contributed by atoms with Gasteiger partial charge < -0.3 is 20.5 Å². The van der Waals surface area contributed by atoms with Crippen molar-refractivity contribution in [1.29, 1.82) is 5.26 Å². The van der Waals surface area contributed by atoms with Crippen molar-refractivity contribution in [3.8, 4) is 6.07 Å². The van der Waals surface area contributed by atoms with Crippen molar-refractivity contribution in [1.82, 2.24) is 20.5 Å². The number of likely N-dealkylation sites (tertiary alicyclic amines) is 1. The van der Waals surface area contributed by atoms with E-state index in [1.54, 1.807) is 18.2 Å². The molecule has 5 rings (SSSR count). The maximum atomic E-state index is 14.0. The lowest BCUT2D eigenvalue weighted by molar-refractivity contribution is -0.128. The second-order valence-electron chi connectivity index (χ2n) is 11.0. The number of hydrogen-bond acceptors (Lipinski definition) is 4. The first-order valence-electron chi connectivity index (χ1n) is 13.0. The first-order chi connectivity index (χ1) is 18.1. The Morgan fingerprint density at radius 3 is 2.71 bits per heavy atom. The third-order valence-corrected chi connectivity index (χ3v) is 8.66. The Labute approximate surface area is 224 Å². The largest absolute Gasteiger partial charge is 0.356 e. The van der Waals surface area contributed by atoms with Crippen molar-refractivity contribution < 1.29 is 23.2 Å². The number of alkyl halides is 2. The van der Waals surface area contributed by atoms with Crippen LogP contribution in [-0.4, -0.2) is 58.7 Å². The van der Waals surface area contributed by atoms with E-state index in [4.69, 9.17) is 11.6 Å². The average molecular weight is 546 g/mol. The van der Waals surface area contributed by atoms with Gasteiger partial charge in [-0.05, 0) is 56.1 Å². The maximum Gasteiger partial charge on any atom is 0.271 e. The molecule has 202 valence electrons. The van der Waals surface area contributed by atoms with E-state index in [1.165, 1.54) is 4.90 Å². The van der Waals surface area contributed by atoms with Gasteiger partial charge in [0.2, 0.25) is 17.7 Å². The molecule has 3 unspecified atom stereocenters. The zero-order valence-electron chi connectivity index (χ0n) is 20.9. The van der Waals surface area contributed by atoms with Crippen molar-refractivity contribution in [3.63, 3.8) is 0 Å². The first kappa shape index (κ1) is 26.4. The molecule has 1 aromatic carbocycles. The topological polar surface area (TPSA) is 118 Å². The molecule has 2 aliphatic heterocycles. The molecule has 2 aromatic rings. The Morgan fingerprint density at radius 2 is 2.03 bits per heavy atom. The zero-order chi connectivity index (χ0) is 27.1. The lowest BCUT2D eigenvalue weighted by atomic mass is 9.71. The summed E-state index contributed by atoms with van der Waals surface area (Å²) in [6, 6.07) is 7.18. The number of H-pyrrole nitrogens is 1. The van der Waals surface area contributed by atoms with E-state index in [-0.39, 0.29) is 62.6 Å². The minimum absolute atomic E-state index is 0.136. The molecule has 3 aliphatic rings. The lowest BCUT2D eigenvalue weighted by Crippen LogP contribution is -2.49. The van der Waals surface area contributed by atoms with Crippen LogP contribution < -0.4 is 10.6 Å². The van der Waals surface area contributed by atoms with E-state index in [1.807, 2.05) is 6.07 Å². The number of hydrogen-bond donors (Lipinski definition) is 3. The maximum absolute atomic E-state index is 14.0. The van der Waals surface area contributed by atoms with Gasteiger partial charge in [0.25, 0.3) is 5.91 Å². The Morgan fingerprint density at radius 1 is 1.26 bits per heavy atom. The summed E-state index contributed by atoms with van der Waals surface area (Å²) in [7, 11) is 0. The molecule has 3 atom stereocenters. The van der Waals surface area contributed by atoms with Gasteiger partial charge in [-0.1, -0.05) is 23.7 Å². The predicted molar refractivity (Wildman–Crippen MR) is 136 cm³/mol. The summed E-state index contributed by atoms with van der Waals surface area (Å²) in [5, 5.41) is 16.4. The van der Waals surface area contributed by atoms with E-state index in [9.17, 15) is 28.4 Å². The Kier molecular flexibility index (Phi) is 7.07. The van der Waals surface area contributed by atoms with Crippen molar-refractivity contribution in [2.45, 2.75) is 69.4 Å². The van der Waals surface area contributed by atoms with Gasteiger partial charge in [-0.3, -0.25) is 14.4 Å². The minimum Gasteiger partial charge on any atom is -0.356 e. The molecule has 1 spiro atoms. The highest BCUT2D eigenvalue weighted by molar-refractivity contribution is 6.35. The number of nitriles is 1. The Bertz CT molecular complexity index is 1300. The number of nitrogens with one attached hydrogen (secondary N) is 3. The van der Waals surface area contributed by atoms with E-state index in [2.05, 4.69) is 21.7 Å². The summed E-state index contributed by atoms with van der Waals surface area (Å²) in [5.41, 5.74) is 0.244. The van der Waals surface area contributed by atoms with Gasteiger partial charge >= 0.3 is 0 Å². The van der Waals surface area contributed by atoms with E-state index in [0.717, 1.165) is 11.8 Å². The lowest BCUT2D eigenvalue weighted by Gasteiger charge is -2.36. The molecule has 3 heterocycles. The fourth-order valence-corrected chi connectivity index (χ4v) is 6.39. The van der Waals surface area contributed by atoms with E-state index in [0.29, 0.717) is 23.5 Å². The molecular weight excluding hydrogens is 516 g/mol. The molecule has 1 aromatic heterocycles. The summed E-state index contributed by atoms with van der Waals surface area (Å²) < 4.78 is 28.0. The summed E-state index contributed by atoms with van der Waals surface area (Å²) in [6.07, 6.45) is 1.68. The number of rotatable bonds is 5. The van der Waals surface area contributed by atoms with Gasteiger partial charge in [0, 0.05) is 37.2 Å². The second kappa shape index (κ2) is 10.2.